The average molecular weight is 320 g/mol. The van der Waals surface area contributed by atoms with E-state index in [1.807, 2.05) is 0 Å². The van der Waals surface area contributed by atoms with Crippen LogP contribution in [0.3, 0.4) is 0 Å². The molecule has 8 heteroatoms. The van der Waals surface area contributed by atoms with Crippen LogP contribution < -0.4 is 11.1 Å². The first-order valence-corrected chi connectivity index (χ1v) is 6.67. The van der Waals surface area contributed by atoms with E-state index in [9.17, 15) is 9.59 Å². The van der Waals surface area contributed by atoms with E-state index in [0.717, 1.165) is 4.68 Å². The largest absolute Gasteiger partial charge is 0.459 e. The quantitative estimate of drug-likeness (QED) is 0.797. The Morgan fingerprint density at radius 3 is 2.82 bits per heavy atom. The third-order valence-electron chi connectivity index (χ3n) is 2.78. The lowest BCUT2D eigenvalue weighted by atomic mass is 10.3. The monoisotopic (exact) mass is 319 g/mol. The molecule has 3 rings (SSSR count). The SMILES string of the molecule is O=C(Cn1nc(-c2ccco2)oc1=O)Nc1ccccc1Cl. The zero-order chi connectivity index (χ0) is 15.5. The lowest BCUT2D eigenvalue weighted by Gasteiger charge is -2.05. The lowest BCUT2D eigenvalue weighted by Crippen LogP contribution is -2.25. The van der Waals surface area contributed by atoms with Crippen LogP contribution in [-0.4, -0.2) is 15.7 Å². The zero-order valence-corrected chi connectivity index (χ0v) is 11.9. The second-order valence-electron chi connectivity index (χ2n) is 4.34. The molecule has 0 saturated carbocycles. The molecule has 2 heterocycles. The first-order valence-electron chi connectivity index (χ1n) is 6.29. The first kappa shape index (κ1) is 14.2. The minimum Gasteiger partial charge on any atom is -0.459 e. The molecule has 0 spiro atoms. The normalized spacial score (nSPS) is 10.6. The standard InChI is InChI=1S/C14H10ClN3O4/c15-9-4-1-2-5-10(9)16-12(19)8-18-14(20)22-13(17-18)11-6-3-7-21-11/h1-7H,8H2,(H,16,19). The molecule has 3 aromatic rings. The number of rotatable bonds is 4. The number of hydrogen-bond acceptors (Lipinski definition) is 5. The van der Waals surface area contributed by atoms with Gasteiger partial charge in [0.2, 0.25) is 5.91 Å². The van der Waals surface area contributed by atoms with Crippen molar-refractivity contribution in [3.8, 4) is 11.7 Å². The van der Waals surface area contributed by atoms with Gasteiger partial charge >= 0.3 is 5.76 Å². The summed E-state index contributed by atoms with van der Waals surface area (Å²) in [5.41, 5.74) is 0.456. The Morgan fingerprint density at radius 1 is 1.27 bits per heavy atom. The molecule has 112 valence electrons. The van der Waals surface area contributed by atoms with Crippen molar-refractivity contribution < 1.29 is 13.6 Å². The highest BCUT2D eigenvalue weighted by molar-refractivity contribution is 6.33. The van der Waals surface area contributed by atoms with E-state index in [0.29, 0.717) is 16.5 Å². The number of carbonyl (C=O) groups excluding carboxylic acids is 1. The molecule has 0 aliphatic carbocycles. The van der Waals surface area contributed by atoms with Gasteiger partial charge in [-0.05, 0) is 24.3 Å². The van der Waals surface area contributed by atoms with E-state index in [1.165, 1.54) is 6.26 Å². The molecule has 0 aliphatic heterocycles. The van der Waals surface area contributed by atoms with Crippen molar-refractivity contribution in [3.05, 3.63) is 58.2 Å². The molecule has 0 unspecified atom stereocenters. The number of halogens is 1. The maximum absolute atomic E-state index is 11.9. The van der Waals surface area contributed by atoms with Crippen molar-refractivity contribution in [1.29, 1.82) is 0 Å². The Kier molecular flexibility index (Phi) is 3.80. The van der Waals surface area contributed by atoms with Crippen LogP contribution in [0.25, 0.3) is 11.7 Å². The van der Waals surface area contributed by atoms with E-state index in [4.69, 9.17) is 20.4 Å². The third kappa shape index (κ3) is 2.94. The fourth-order valence-corrected chi connectivity index (χ4v) is 1.98. The maximum Gasteiger partial charge on any atom is 0.437 e. The first-order chi connectivity index (χ1) is 10.6. The van der Waals surface area contributed by atoms with Gasteiger partial charge < -0.3 is 14.2 Å². The van der Waals surface area contributed by atoms with E-state index < -0.39 is 11.7 Å². The number of aromatic nitrogens is 2. The predicted molar refractivity (Wildman–Crippen MR) is 78.5 cm³/mol. The summed E-state index contributed by atoms with van der Waals surface area (Å²) in [6.07, 6.45) is 1.43. The zero-order valence-electron chi connectivity index (χ0n) is 11.2. The van der Waals surface area contributed by atoms with Gasteiger partial charge in [-0.1, -0.05) is 23.7 Å². The van der Waals surface area contributed by atoms with E-state index >= 15 is 0 Å². The van der Waals surface area contributed by atoms with Gasteiger partial charge in [0.25, 0.3) is 5.89 Å². The summed E-state index contributed by atoms with van der Waals surface area (Å²) in [7, 11) is 0. The van der Waals surface area contributed by atoms with Crippen LogP contribution in [0.2, 0.25) is 5.02 Å². The Labute approximate surface area is 129 Å². The Balaban J connectivity index is 1.75. The van der Waals surface area contributed by atoms with Gasteiger partial charge in [0.05, 0.1) is 17.0 Å². The summed E-state index contributed by atoms with van der Waals surface area (Å²) in [4.78, 5) is 23.6. The summed E-state index contributed by atoms with van der Waals surface area (Å²) in [5.74, 6) is -0.877. The van der Waals surface area contributed by atoms with Crippen LogP contribution in [0.15, 0.2) is 56.3 Å². The number of anilines is 1. The molecule has 1 aromatic carbocycles. The molecule has 2 aromatic heterocycles. The Hall–Kier alpha value is -2.80. The van der Waals surface area contributed by atoms with Crippen LogP contribution in [0, 0.1) is 0 Å². The van der Waals surface area contributed by atoms with Gasteiger partial charge in [-0.2, -0.15) is 4.68 Å². The number of nitrogens with one attached hydrogen (secondary N) is 1. The van der Waals surface area contributed by atoms with Gasteiger partial charge in [0.15, 0.2) is 5.76 Å². The minimum atomic E-state index is -0.749. The predicted octanol–water partition coefficient (Wildman–Crippen LogP) is 2.39. The van der Waals surface area contributed by atoms with Gasteiger partial charge in [-0.3, -0.25) is 4.79 Å². The smallest absolute Gasteiger partial charge is 0.437 e. The molecule has 0 bridgehead atoms. The molecule has 0 fully saturated rings. The van der Waals surface area contributed by atoms with Gasteiger partial charge in [0, 0.05) is 0 Å². The topological polar surface area (TPSA) is 90.3 Å². The summed E-state index contributed by atoms with van der Waals surface area (Å²) < 4.78 is 10.9. The van der Waals surface area contributed by atoms with Crippen molar-refractivity contribution in [2.24, 2.45) is 0 Å². The second-order valence-corrected chi connectivity index (χ2v) is 4.74. The summed E-state index contributed by atoms with van der Waals surface area (Å²) >= 11 is 5.94. The molecule has 0 radical (unpaired) electrons. The highest BCUT2D eigenvalue weighted by Gasteiger charge is 2.15. The van der Waals surface area contributed by atoms with Crippen LogP contribution in [0.5, 0.6) is 0 Å². The number of carbonyl (C=O) groups is 1. The minimum absolute atomic E-state index is 0.0144. The van der Waals surface area contributed by atoms with Gasteiger partial charge in [0.1, 0.15) is 6.54 Å². The molecule has 0 aliphatic rings. The van der Waals surface area contributed by atoms with E-state index in [2.05, 4.69) is 10.4 Å². The molecular formula is C14H10ClN3O4. The number of para-hydroxylation sites is 1. The van der Waals surface area contributed by atoms with Crippen molar-refractivity contribution in [2.75, 3.05) is 5.32 Å². The van der Waals surface area contributed by atoms with E-state index in [1.54, 1.807) is 36.4 Å². The summed E-state index contributed by atoms with van der Waals surface area (Å²) in [6, 6.07) is 10.0. The molecule has 0 saturated heterocycles. The van der Waals surface area contributed by atoms with Crippen LogP contribution in [0.4, 0.5) is 5.69 Å². The highest BCUT2D eigenvalue weighted by atomic mass is 35.5. The number of furan rings is 1. The maximum atomic E-state index is 11.9. The summed E-state index contributed by atoms with van der Waals surface area (Å²) in [6.45, 7) is -0.297. The van der Waals surface area contributed by atoms with Crippen molar-refractivity contribution in [1.82, 2.24) is 9.78 Å². The number of nitrogens with zero attached hydrogens (tertiary/aromatic N) is 2. The molecular weight excluding hydrogens is 310 g/mol. The number of benzene rings is 1. The van der Waals surface area contributed by atoms with Crippen LogP contribution in [-0.2, 0) is 11.3 Å². The highest BCUT2D eigenvalue weighted by Crippen LogP contribution is 2.20. The summed E-state index contributed by atoms with van der Waals surface area (Å²) in [5, 5.41) is 6.90. The third-order valence-corrected chi connectivity index (χ3v) is 3.11. The molecule has 22 heavy (non-hydrogen) atoms. The van der Waals surface area contributed by atoms with Crippen molar-refractivity contribution in [3.63, 3.8) is 0 Å². The Bertz CT molecular complexity index is 851. The lowest BCUT2D eigenvalue weighted by molar-refractivity contribution is -0.117. The molecule has 1 amide bonds. The van der Waals surface area contributed by atoms with Crippen LogP contribution in [0.1, 0.15) is 0 Å². The van der Waals surface area contributed by atoms with Crippen molar-refractivity contribution in [2.45, 2.75) is 6.54 Å². The second kappa shape index (κ2) is 5.90. The van der Waals surface area contributed by atoms with Gasteiger partial charge in [-0.15, -0.1) is 5.10 Å². The number of amides is 1. The van der Waals surface area contributed by atoms with E-state index in [-0.39, 0.29) is 12.4 Å². The van der Waals surface area contributed by atoms with Gasteiger partial charge in [-0.25, -0.2) is 4.79 Å². The molecule has 7 nitrogen and oxygen atoms in total. The Morgan fingerprint density at radius 2 is 2.09 bits per heavy atom. The van der Waals surface area contributed by atoms with Crippen molar-refractivity contribution >= 4 is 23.2 Å². The molecule has 1 N–H and O–H groups in total. The average Bonchev–Trinajstić information content (AvgIpc) is 3.12. The fourth-order valence-electron chi connectivity index (χ4n) is 1.79. The molecule has 0 atom stereocenters. The van der Waals surface area contributed by atoms with Crippen LogP contribution >= 0.6 is 11.6 Å². The number of hydrogen-bond donors (Lipinski definition) is 1. The fraction of sp³-hybridized carbons (Fsp3) is 0.0714.